The molecule has 4 aromatic heterocycles. The van der Waals surface area contributed by atoms with E-state index in [-0.39, 0.29) is 32.7 Å². The Morgan fingerprint density at radius 1 is 0.267 bits per heavy atom. The van der Waals surface area contributed by atoms with Gasteiger partial charge in [-0.1, -0.05) is 309 Å². The van der Waals surface area contributed by atoms with Gasteiger partial charge < -0.3 is 10.0 Å². The Hall–Kier alpha value is -10.7. The molecule has 0 bridgehead atoms. The summed E-state index contributed by atoms with van der Waals surface area (Å²) in [6, 6.07) is 114. The van der Waals surface area contributed by atoms with Crippen LogP contribution < -0.4 is 5.46 Å². The molecule has 12 aromatic carbocycles. The molecule has 105 heavy (non-hydrogen) atoms. The van der Waals surface area contributed by atoms with Crippen molar-refractivity contribution >= 4 is 42.0 Å². The molecule has 20 rings (SSSR count). The SMILES string of the molecule is Clc1cc(-c2ccc(-c3cccnc3)cc2)nc(-c2ccccc2)n1.OB(O)c1ccc2c(c1)C1(c3ccccc3-c3ccccc31)c1ccccc1-2.PP.[Y].c1ccc(-c2nc(-c3ccc(-c4cccnc4)cc3)cc(-c3ccc4c(c3)C3(c5ccccc5-c5ccccc53)c3ccccc3-4)n2)cc1. The molecule has 0 amide bonds. The van der Waals surface area contributed by atoms with Gasteiger partial charge in [-0.2, -0.15) is 0 Å². The number of fused-ring (bicyclic) bond motifs is 20. The summed E-state index contributed by atoms with van der Waals surface area (Å²) in [6.45, 7) is 0. The standard InChI is InChI=1S/C46H29N3.C25H17BO2.C21H14ClN3.H4P2.Y/c1-2-11-32(12-3-1)45-48-43(31-22-20-30(21-23-31)34-13-10-26-47-29-34)28-44(49-45)33-24-25-38-37-16-6-9-19-41(37)46(42(38)27-33)39-17-7-4-14-35(39)36-15-5-8-18-40(36)46;27-26(28)16-13-14-20-19-9-3-6-12-23(19)25(24(20)15-16)21-10-4-1-7-17(21)18-8-2-5-11-22(18)25;22-20-13-19(24-21(25-20)17-5-2-1-3-6-17)16-10-8-15(9-11-16)18-7-4-12-23-14-18;1-2;/h1-29H;1-15,27-28H;1-14H;1-2H2;. The topological polar surface area (TPSA) is 118 Å². The van der Waals surface area contributed by atoms with E-state index in [0.717, 1.165) is 78.3 Å². The van der Waals surface area contributed by atoms with Gasteiger partial charge in [0.25, 0.3) is 0 Å². The van der Waals surface area contributed by atoms with E-state index in [1.54, 1.807) is 18.5 Å². The van der Waals surface area contributed by atoms with Crippen LogP contribution in [-0.4, -0.2) is 47.1 Å². The van der Waals surface area contributed by atoms with Gasteiger partial charge >= 0.3 is 7.12 Å². The third-order valence-corrected chi connectivity index (χ3v) is 20.6. The zero-order chi connectivity index (χ0) is 70.3. The first-order valence-corrected chi connectivity index (χ1v) is 37.5. The molecule has 0 saturated carbocycles. The van der Waals surface area contributed by atoms with Crippen molar-refractivity contribution in [2.24, 2.45) is 0 Å². The molecule has 16 aromatic rings. The smallest absolute Gasteiger partial charge is 0.423 e. The molecule has 4 heterocycles. The second kappa shape index (κ2) is 29.5. The molecular weight excluding hydrogens is 1420 g/mol. The summed E-state index contributed by atoms with van der Waals surface area (Å²) in [5.41, 5.74) is 31.9. The van der Waals surface area contributed by atoms with E-state index in [4.69, 9.17) is 21.6 Å². The maximum Gasteiger partial charge on any atom is 0.488 e. The Bertz CT molecular complexity index is 5780. The fraction of sp³-hybridized carbons (Fsp3) is 0.0217. The zero-order valence-electron chi connectivity index (χ0n) is 56.8. The molecule has 0 fully saturated rings. The summed E-state index contributed by atoms with van der Waals surface area (Å²) in [5.74, 6) is 1.33. The van der Waals surface area contributed by atoms with Crippen LogP contribution in [-0.2, 0) is 43.5 Å². The van der Waals surface area contributed by atoms with Gasteiger partial charge in [0.15, 0.2) is 11.6 Å². The molecule has 2 atom stereocenters. The predicted molar refractivity (Wildman–Crippen MR) is 431 cm³/mol. The number of nitrogens with zero attached hydrogens (tertiary/aromatic N) is 6. The van der Waals surface area contributed by atoms with Gasteiger partial charge in [0, 0.05) is 91.4 Å². The van der Waals surface area contributed by atoms with E-state index in [2.05, 4.69) is 262 Å². The van der Waals surface area contributed by atoms with Crippen LogP contribution in [0.2, 0.25) is 5.15 Å². The van der Waals surface area contributed by atoms with E-state index in [1.807, 2.05) is 109 Å². The van der Waals surface area contributed by atoms with Crippen molar-refractivity contribution in [2.45, 2.75) is 10.8 Å². The van der Waals surface area contributed by atoms with Crippen LogP contribution in [0.1, 0.15) is 44.5 Å². The third kappa shape index (κ3) is 12.1. The number of halogens is 1. The van der Waals surface area contributed by atoms with Crippen LogP contribution in [0.4, 0.5) is 0 Å². The van der Waals surface area contributed by atoms with Crippen molar-refractivity contribution in [3.63, 3.8) is 0 Å². The van der Waals surface area contributed by atoms with Crippen LogP contribution in [0.15, 0.2) is 352 Å². The summed E-state index contributed by atoms with van der Waals surface area (Å²) in [7, 11) is 3.18. The van der Waals surface area contributed by atoms with Crippen LogP contribution in [0.3, 0.4) is 0 Å². The van der Waals surface area contributed by atoms with E-state index in [1.165, 1.54) is 77.9 Å². The zero-order valence-corrected chi connectivity index (χ0v) is 62.7. The summed E-state index contributed by atoms with van der Waals surface area (Å²) in [5, 5.41) is 20.1. The Morgan fingerprint density at radius 2 is 0.571 bits per heavy atom. The van der Waals surface area contributed by atoms with Gasteiger partial charge in [-0.3, -0.25) is 9.97 Å². The number of hydrogen-bond acceptors (Lipinski definition) is 8. The number of rotatable bonds is 8. The number of aromatic nitrogens is 6. The van der Waals surface area contributed by atoms with Crippen molar-refractivity contribution in [1.82, 2.24) is 29.9 Å². The number of pyridine rings is 2. The molecule has 0 saturated heterocycles. The average molecular weight is 1480 g/mol. The molecule has 0 aliphatic heterocycles. The van der Waals surface area contributed by atoms with Gasteiger partial charge in [0.2, 0.25) is 0 Å². The van der Waals surface area contributed by atoms with Crippen LogP contribution in [0.25, 0.3) is 123 Å². The first-order chi connectivity index (χ1) is 51.3. The predicted octanol–water partition coefficient (Wildman–Crippen LogP) is 20.8. The summed E-state index contributed by atoms with van der Waals surface area (Å²) >= 11 is 6.22. The van der Waals surface area contributed by atoms with E-state index >= 15 is 0 Å². The summed E-state index contributed by atoms with van der Waals surface area (Å²) < 4.78 is 0. The molecule has 2 spiro atoms. The minimum atomic E-state index is -1.49. The maximum absolute atomic E-state index is 9.85. The molecule has 13 heteroatoms. The second-order valence-corrected chi connectivity index (χ2v) is 26.3. The van der Waals surface area contributed by atoms with E-state index in [9.17, 15) is 10.0 Å². The number of hydrogen-bond donors (Lipinski definition) is 2. The molecule has 4 aliphatic rings. The quantitative estimate of drug-likeness (QED) is 0.0878. The van der Waals surface area contributed by atoms with Gasteiger partial charge in [-0.25, -0.2) is 19.9 Å². The van der Waals surface area contributed by atoms with Gasteiger partial charge in [0.05, 0.1) is 27.9 Å². The molecule has 1 radical (unpaired) electrons. The Balaban J connectivity index is 0.000000129. The minimum Gasteiger partial charge on any atom is -0.423 e. The van der Waals surface area contributed by atoms with Gasteiger partial charge in [0.1, 0.15) is 5.15 Å². The molecule has 4 aliphatic carbocycles. The Labute approximate surface area is 645 Å². The minimum absolute atomic E-state index is 0. The van der Waals surface area contributed by atoms with Crippen LogP contribution in [0, 0.1) is 0 Å². The maximum atomic E-state index is 9.85. The molecule has 2 unspecified atom stereocenters. The van der Waals surface area contributed by atoms with Crippen molar-refractivity contribution in [2.75, 3.05) is 0 Å². The Morgan fingerprint density at radius 3 is 0.952 bits per heavy atom. The number of benzene rings is 12. The summed E-state index contributed by atoms with van der Waals surface area (Å²) in [4.78, 5) is 27.8. The van der Waals surface area contributed by atoms with Crippen LogP contribution >= 0.6 is 29.5 Å². The Kier molecular flexibility index (Phi) is 19.3. The largest absolute Gasteiger partial charge is 0.488 e. The van der Waals surface area contributed by atoms with Crippen molar-refractivity contribution < 1.29 is 42.8 Å². The molecule has 497 valence electrons. The van der Waals surface area contributed by atoms with Crippen molar-refractivity contribution in [1.29, 1.82) is 0 Å². The van der Waals surface area contributed by atoms with Crippen LogP contribution in [0.5, 0.6) is 0 Å². The normalized spacial score (nSPS) is 12.5. The van der Waals surface area contributed by atoms with E-state index in [0.29, 0.717) is 22.3 Å². The van der Waals surface area contributed by atoms with Gasteiger partial charge in [-0.15, -0.1) is 17.9 Å². The fourth-order valence-electron chi connectivity index (χ4n) is 16.0. The second-order valence-electron chi connectivity index (χ2n) is 25.9. The average Bonchev–Trinajstić information content (AvgIpc) is 1.52. The first kappa shape index (κ1) is 68.7. The van der Waals surface area contributed by atoms with E-state index < -0.39 is 17.9 Å². The monoisotopic (exact) mass is 1480 g/mol. The van der Waals surface area contributed by atoms with Crippen molar-refractivity contribution in [3.05, 3.63) is 402 Å². The van der Waals surface area contributed by atoms with Gasteiger partial charge in [-0.05, 0) is 141 Å². The third-order valence-electron chi connectivity index (χ3n) is 20.4. The van der Waals surface area contributed by atoms with Crippen molar-refractivity contribution in [3.8, 4) is 123 Å². The fourth-order valence-corrected chi connectivity index (χ4v) is 16.2. The summed E-state index contributed by atoms with van der Waals surface area (Å²) in [6.07, 6.45) is 7.32. The molecule has 2 N–H and O–H groups in total. The molecular formula is C92H64BClN6O2P2Y. The first-order valence-electron chi connectivity index (χ1n) is 34.4. The molecule has 8 nitrogen and oxygen atoms in total.